The third-order valence-electron chi connectivity index (χ3n) is 4.41. The Morgan fingerprint density at radius 3 is 2.71 bits per heavy atom. The molecule has 0 unspecified atom stereocenters. The van der Waals surface area contributed by atoms with Gasteiger partial charge in [0.15, 0.2) is 0 Å². The molecule has 1 aliphatic rings. The molecule has 6 nitrogen and oxygen atoms in total. The van der Waals surface area contributed by atoms with Crippen LogP contribution in [0.1, 0.15) is 25.7 Å². The third-order valence-corrected chi connectivity index (χ3v) is 4.41. The van der Waals surface area contributed by atoms with Crippen LogP contribution in [0, 0.1) is 11.8 Å². The van der Waals surface area contributed by atoms with Crippen LogP contribution in [0.5, 0.6) is 0 Å². The molecule has 0 atom stereocenters. The second-order valence-corrected chi connectivity index (χ2v) is 6.00. The Morgan fingerprint density at radius 2 is 2.10 bits per heavy atom. The number of amides is 2. The average Bonchev–Trinajstić information content (AvgIpc) is 3.04. The minimum atomic E-state index is 0.00287. The number of carbonyl (C=O) groups is 1. The zero-order chi connectivity index (χ0) is 15.1. The standard InChI is InChI=1S/C15H27N5O/c1-19(9-10-20-8-2-7-18-20)15(21)17-12-14-5-3-13(11-16)4-6-14/h2,7-8,13-14H,3-6,9-12,16H2,1H3,(H,17,21). The van der Waals surface area contributed by atoms with E-state index in [-0.39, 0.29) is 6.03 Å². The van der Waals surface area contributed by atoms with E-state index in [1.165, 1.54) is 25.7 Å². The van der Waals surface area contributed by atoms with Gasteiger partial charge in [-0.25, -0.2) is 4.79 Å². The molecule has 1 heterocycles. The minimum absolute atomic E-state index is 0.00287. The van der Waals surface area contributed by atoms with E-state index in [1.807, 2.05) is 24.0 Å². The van der Waals surface area contributed by atoms with Gasteiger partial charge in [-0.3, -0.25) is 4.68 Å². The number of rotatable bonds is 6. The Kier molecular flexibility index (Phi) is 6.04. The molecule has 0 bridgehead atoms. The van der Waals surface area contributed by atoms with Crippen LogP contribution in [0.4, 0.5) is 4.79 Å². The molecular formula is C15H27N5O. The summed E-state index contributed by atoms with van der Waals surface area (Å²) in [5.74, 6) is 1.30. The number of aromatic nitrogens is 2. The maximum atomic E-state index is 12.0. The first kappa shape index (κ1) is 15.8. The van der Waals surface area contributed by atoms with Gasteiger partial charge in [0.25, 0.3) is 0 Å². The van der Waals surface area contributed by atoms with Gasteiger partial charge in [0, 0.05) is 32.5 Å². The first-order valence-electron chi connectivity index (χ1n) is 7.85. The summed E-state index contributed by atoms with van der Waals surface area (Å²) < 4.78 is 1.83. The molecule has 0 saturated heterocycles. The van der Waals surface area contributed by atoms with Crippen molar-refractivity contribution >= 4 is 6.03 Å². The van der Waals surface area contributed by atoms with Crippen LogP contribution < -0.4 is 11.1 Å². The van der Waals surface area contributed by atoms with E-state index in [2.05, 4.69) is 10.4 Å². The van der Waals surface area contributed by atoms with Gasteiger partial charge < -0.3 is 16.0 Å². The monoisotopic (exact) mass is 293 g/mol. The fourth-order valence-corrected chi connectivity index (χ4v) is 2.82. The van der Waals surface area contributed by atoms with E-state index >= 15 is 0 Å². The second kappa shape index (κ2) is 8.02. The van der Waals surface area contributed by atoms with Crippen LogP contribution in [0.3, 0.4) is 0 Å². The Labute approximate surface area is 126 Å². The van der Waals surface area contributed by atoms with Gasteiger partial charge in [0.05, 0.1) is 6.54 Å². The number of nitrogens with zero attached hydrogens (tertiary/aromatic N) is 3. The Balaban J connectivity index is 1.62. The molecule has 1 saturated carbocycles. The van der Waals surface area contributed by atoms with Crippen molar-refractivity contribution in [2.45, 2.75) is 32.2 Å². The van der Waals surface area contributed by atoms with Gasteiger partial charge in [-0.15, -0.1) is 0 Å². The highest BCUT2D eigenvalue weighted by Gasteiger charge is 2.20. The summed E-state index contributed by atoms with van der Waals surface area (Å²) >= 11 is 0. The molecule has 1 aromatic heterocycles. The van der Waals surface area contributed by atoms with Crippen LogP contribution >= 0.6 is 0 Å². The van der Waals surface area contributed by atoms with E-state index < -0.39 is 0 Å². The average molecular weight is 293 g/mol. The fourth-order valence-electron chi connectivity index (χ4n) is 2.82. The predicted molar refractivity (Wildman–Crippen MR) is 82.8 cm³/mol. The highest BCUT2D eigenvalue weighted by molar-refractivity contribution is 5.73. The summed E-state index contributed by atoms with van der Waals surface area (Å²) in [4.78, 5) is 13.7. The number of likely N-dealkylation sites (N-methyl/N-ethyl adjacent to an activating group) is 1. The van der Waals surface area contributed by atoms with Crippen molar-refractivity contribution in [3.63, 3.8) is 0 Å². The van der Waals surface area contributed by atoms with E-state index in [0.29, 0.717) is 18.4 Å². The maximum Gasteiger partial charge on any atom is 0.317 e. The number of carbonyl (C=O) groups excluding carboxylic acids is 1. The van der Waals surface area contributed by atoms with Crippen molar-refractivity contribution < 1.29 is 4.79 Å². The van der Waals surface area contributed by atoms with Gasteiger partial charge in [-0.2, -0.15) is 5.10 Å². The number of nitrogens with two attached hydrogens (primary N) is 1. The molecule has 0 spiro atoms. The van der Waals surface area contributed by atoms with Crippen molar-refractivity contribution in [2.75, 3.05) is 26.7 Å². The SMILES string of the molecule is CN(CCn1cccn1)C(=O)NCC1CCC(CN)CC1. The molecule has 6 heteroatoms. The highest BCUT2D eigenvalue weighted by atomic mass is 16.2. The number of hydrogen-bond donors (Lipinski definition) is 2. The zero-order valence-electron chi connectivity index (χ0n) is 12.9. The molecule has 2 rings (SSSR count). The lowest BCUT2D eigenvalue weighted by molar-refractivity contribution is 0.200. The lowest BCUT2D eigenvalue weighted by Crippen LogP contribution is -2.41. The maximum absolute atomic E-state index is 12.0. The smallest absolute Gasteiger partial charge is 0.317 e. The largest absolute Gasteiger partial charge is 0.338 e. The van der Waals surface area contributed by atoms with Gasteiger partial charge in [0.1, 0.15) is 0 Å². The molecule has 0 aliphatic heterocycles. The van der Waals surface area contributed by atoms with Crippen molar-refractivity contribution in [1.82, 2.24) is 20.0 Å². The van der Waals surface area contributed by atoms with Gasteiger partial charge >= 0.3 is 6.03 Å². The summed E-state index contributed by atoms with van der Waals surface area (Å²) in [6, 6.07) is 1.89. The van der Waals surface area contributed by atoms with E-state index in [9.17, 15) is 4.79 Å². The van der Waals surface area contributed by atoms with E-state index in [1.54, 1.807) is 11.1 Å². The Bertz CT molecular complexity index is 412. The minimum Gasteiger partial charge on any atom is -0.338 e. The van der Waals surface area contributed by atoms with Gasteiger partial charge in [-0.05, 0) is 50.1 Å². The number of hydrogen-bond acceptors (Lipinski definition) is 3. The summed E-state index contributed by atoms with van der Waals surface area (Å²) in [5, 5.41) is 7.17. The number of urea groups is 1. The fraction of sp³-hybridized carbons (Fsp3) is 0.733. The lowest BCUT2D eigenvalue weighted by atomic mass is 9.82. The topological polar surface area (TPSA) is 76.2 Å². The lowest BCUT2D eigenvalue weighted by Gasteiger charge is -2.28. The molecular weight excluding hydrogens is 266 g/mol. The third kappa shape index (κ3) is 5.04. The molecule has 1 aliphatic carbocycles. The summed E-state index contributed by atoms with van der Waals surface area (Å²) in [6.45, 7) is 2.96. The van der Waals surface area contributed by atoms with E-state index in [4.69, 9.17) is 5.73 Å². The predicted octanol–water partition coefficient (Wildman–Crippen LogP) is 1.29. The quantitative estimate of drug-likeness (QED) is 0.830. The van der Waals surface area contributed by atoms with Crippen LogP contribution in [-0.2, 0) is 6.54 Å². The van der Waals surface area contributed by atoms with Crippen molar-refractivity contribution in [2.24, 2.45) is 17.6 Å². The molecule has 1 aromatic rings. The first-order valence-corrected chi connectivity index (χ1v) is 7.85. The molecule has 3 N–H and O–H groups in total. The Morgan fingerprint density at radius 1 is 1.38 bits per heavy atom. The molecule has 0 radical (unpaired) electrons. The summed E-state index contributed by atoms with van der Waals surface area (Å²) in [5.41, 5.74) is 5.70. The van der Waals surface area contributed by atoms with Crippen LogP contribution in [-0.4, -0.2) is 47.4 Å². The van der Waals surface area contributed by atoms with Crippen LogP contribution in [0.2, 0.25) is 0 Å². The van der Waals surface area contributed by atoms with Crippen molar-refractivity contribution in [1.29, 1.82) is 0 Å². The molecule has 1 fully saturated rings. The van der Waals surface area contributed by atoms with Gasteiger partial charge in [-0.1, -0.05) is 0 Å². The second-order valence-electron chi connectivity index (χ2n) is 6.00. The normalized spacial score (nSPS) is 22.0. The van der Waals surface area contributed by atoms with Crippen molar-refractivity contribution in [3.05, 3.63) is 18.5 Å². The first-order chi connectivity index (χ1) is 10.2. The molecule has 0 aromatic carbocycles. The molecule has 21 heavy (non-hydrogen) atoms. The summed E-state index contributed by atoms with van der Waals surface area (Å²) in [7, 11) is 1.82. The Hall–Kier alpha value is -1.56. The van der Waals surface area contributed by atoms with E-state index in [0.717, 1.165) is 19.6 Å². The summed E-state index contributed by atoms with van der Waals surface area (Å²) in [6.07, 6.45) is 8.41. The zero-order valence-corrected chi connectivity index (χ0v) is 12.9. The van der Waals surface area contributed by atoms with Crippen LogP contribution in [0.25, 0.3) is 0 Å². The molecule has 2 amide bonds. The van der Waals surface area contributed by atoms with Gasteiger partial charge in [0.2, 0.25) is 0 Å². The highest BCUT2D eigenvalue weighted by Crippen LogP contribution is 2.27. The van der Waals surface area contributed by atoms with Crippen LogP contribution in [0.15, 0.2) is 18.5 Å². The number of nitrogens with one attached hydrogen (secondary N) is 1. The molecule has 118 valence electrons. The van der Waals surface area contributed by atoms with Crippen molar-refractivity contribution in [3.8, 4) is 0 Å².